The van der Waals surface area contributed by atoms with Crippen LogP contribution in [0.3, 0.4) is 0 Å². The van der Waals surface area contributed by atoms with E-state index in [4.69, 9.17) is 5.73 Å². The lowest BCUT2D eigenvalue weighted by atomic mass is 10.2. The SMILES string of the molecule is Cc1cc(N)cc(S(=O)(=O)N(C)CCC(F)(F)F)c1. The van der Waals surface area contributed by atoms with Crippen LogP contribution in [0, 0.1) is 6.92 Å². The second-order valence-corrected chi connectivity index (χ2v) is 6.32. The molecule has 0 bridgehead atoms. The summed E-state index contributed by atoms with van der Waals surface area (Å²) in [6.07, 6.45) is -5.58. The lowest BCUT2D eigenvalue weighted by molar-refractivity contribution is -0.135. The molecular weight excluding hydrogens is 281 g/mol. The van der Waals surface area contributed by atoms with E-state index in [-0.39, 0.29) is 10.6 Å². The van der Waals surface area contributed by atoms with Crippen molar-refractivity contribution < 1.29 is 21.6 Å². The topological polar surface area (TPSA) is 63.4 Å². The maximum absolute atomic E-state index is 12.1. The zero-order chi connectivity index (χ0) is 14.8. The molecule has 0 spiro atoms. The van der Waals surface area contributed by atoms with Gasteiger partial charge < -0.3 is 5.73 Å². The number of hydrogen-bond acceptors (Lipinski definition) is 3. The van der Waals surface area contributed by atoms with Gasteiger partial charge in [-0.2, -0.15) is 13.2 Å². The van der Waals surface area contributed by atoms with Crippen molar-refractivity contribution in [3.63, 3.8) is 0 Å². The summed E-state index contributed by atoms with van der Waals surface area (Å²) in [5, 5.41) is 0. The molecular formula is C11H15F3N2O2S. The van der Waals surface area contributed by atoms with Gasteiger partial charge in [0.05, 0.1) is 11.3 Å². The molecule has 0 saturated carbocycles. The molecule has 0 aliphatic carbocycles. The molecule has 0 heterocycles. The minimum Gasteiger partial charge on any atom is -0.399 e. The number of alkyl halides is 3. The van der Waals surface area contributed by atoms with Crippen LogP contribution in [0.1, 0.15) is 12.0 Å². The molecule has 0 radical (unpaired) electrons. The van der Waals surface area contributed by atoms with Gasteiger partial charge in [-0.25, -0.2) is 12.7 Å². The minimum absolute atomic E-state index is 0.102. The summed E-state index contributed by atoms with van der Waals surface area (Å²) in [4.78, 5) is -0.102. The predicted molar refractivity (Wildman–Crippen MR) is 66.1 cm³/mol. The van der Waals surface area contributed by atoms with Gasteiger partial charge in [-0.3, -0.25) is 0 Å². The van der Waals surface area contributed by atoms with Crippen molar-refractivity contribution in [3.05, 3.63) is 23.8 Å². The molecule has 1 aromatic rings. The van der Waals surface area contributed by atoms with E-state index in [9.17, 15) is 21.6 Å². The van der Waals surface area contributed by atoms with Crippen molar-refractivity contribution in [2.45, 2.75) is 24.4 Å². The van der Waals surface area contributed by atoms with Gasteiger partial charge in [-0.1, -0.05) is 0 Å². The number of nitrogen functional groups attached to an aromatic ring is 1. The molecule has 0 aliphatic rings. The van der Waals surface area contributed by atoms with Crippen LogP contribution >= 0.6 is 0 Å². The van der Waals surface area contributed by atoms with E-state index in [0.717, 1.165) is 7.05 Å². The van der Waals surface area contributed by atoms with Crippen molar-refractivity contribution in [2.75, 3.05) is 19.3 Å². The zero-order valence-electron chi connectivity index (χ0n) is 10.5. The number of anilines is 1. The molecule has 108 valence electrons. The Hall–Kier alpha value is -1.28. The highest BCUT2D eigenvalue weighted by Crippen LogP contribution is 2.23. The van der Waals surface area contributed by atoms with Crippen molar-refractivity contribution in [1.29, 1.82) is 0 Å². The van der Waals surface area contributed by atoms with E-state index >= 15 is 0 Å². The van der Waals surface area contributed by atoms with E-state index in [1.807, 2.05) is 0 Å². The van der Waals surface area contributed by atoms with E-state index in [1.165, 1.54) is 12.1 Å². The first kappa shape index (κ1) is 15.8. The van der Waals surface area contributed by atoms with E-state index in [1.54, 1.807) is 13.0 Å². The summed E-state index contributed by atoms with van der Waals surface area (Å²) in [6.45, 7) is 1.03. The zero-order valence-corrected chi connectivity index (χ0v) is 11.3. The number of halogens is 3. The quantitative estimate of drug-likeness (QED) is 0.866. The molecule has 4 nitrogen and oxygen atoms in total. The Labute approximate surface area is 110 Å². The normalized spacial score (nSPS) is 12.9. The molecule has 0 aromatic heterocycles. The minimum atomic E-state index is -4.39. The Morgan fingerprint density at radius 3 is 2.32 bits per heavy atom. The van der Waals surface area contributed by atoms with E-state index < -0.39 is 29.2 Å². The Morgan fingerprint density at radius 2 is 1.84 bits per heavy atom. The molecule has 1 rings (SSSR count). The summed E-state index contributed by atoms with van der Waals surface area (Å²) in [5.74, 6) is 0. The van der Waals surface area contributed by atoms with Gasteiger partial charge in [0.2, 0.25) is 10.0 Å². The largest absolute Gasteiger partial charge is 0.399 e. The number of sulfonamides is 1. The van der Waals surface area contributed by atoms with Crippen LogP contribution in [0.5, 0.6) is 0 Å². The van der Waals surface area contributed by atoms with E-state index in [2.05, 4.69) is 0 Å². The van der Waals surface area contributed by atoms with Gasteiger partial charge in [-0.05, 0) is 30.7 Å². The van der Waals surface area contributed by atoms with Gasteiger partial charge in [-0.15, -0.1) is 0 Å². The van der Waals surface area contributed by atoms with Crippen LogP contribution in [0.15, 0.2) is 23.1 Å². The maximum Gasteiger partial charge on any atom is 0.390 e. The first-order valence-electron chi connectivity index (χ1n) is 5.42. The highest BCUT2D eigenvalue weighted by Gasteiger charge is 2.30. The van der Waals surface area contributed by atoms with Gasteiger partial charge >= 0.3 is 6.18 Å². The molecule has 8 heteroatoms. The number of nitrogens with zero attached hydrogens (tertiary/aromatic N) is 1. The number of hydrogen-bond donors (Lipinski definition) is 1. The summed E-state index contributed by atoms with van der Waals surface area (Å²) < 4.78 is 61.1. The summed E-state index contributed by atoms with van der Waals surface area (Å²) in [6, 6.07) is 4.18. The Morgan fingerprint density at radius 1 is 1.26 bits per heavy atom. The van der Waals surface area contributed by atoms with E-state index in [0.29, 0.717) is 9.87 Å². The molecule has 0 aliphatic heterocycles. The molecule has 2 N–H and O–H groups in total. The highest BCUT2D eigenvalue weighted by molar-refractivity contribution is 7.89. The Kier molecular flexibility index (Phi) is 4.46. The Bertz CT molecular complexity index is 535. The van der Waals surface area contributed by atoms with Crippen molar-refractivity contribution in [3.8, 4) is 0 Å². The van der Waals surface area contributed by atoms with Crippen molar-refractivity contribution in [1.82, 2.24) is 4.31 Å². The van der Waals surface area contributed by atoms with Gasteiger partial charge in [0.1, 0.15) is 0 Å². The fraction of sp³-hybridized carbons (Fsp3) is 0.455. The highest BCUT2D eigenvalue weighted by atomic mass is 32.2. The summed E-state index contributed by atoms with van der Waals surface area (Å²) in [7, 11) is -2.84. The van der Waals surface area contributed by atoms with Gasteiger partial charge in [0, 0.05) is 19.3 Å². The average Bonchev–Trinajstić information content (AvgIpc) is 2.23. The Balaban J connectivity index is 2.97. The first-order valence-corrected chi connectivity index (χ1v) is 6.86. The molecule has 0 atom stereocenters. The lowest BCUT2D eigenvalue weighted by Crippen LogP contribution is -2.30. The molecule has 0 saturated heterocycles. The second-order valence-electron chi connectivity index (χ2n) is 4.27. The fourth-order valence-electron chi connectivity index (χ4n) is 1.51. The summed E-state index contributed by atoms with van der Waals surface area (Å²) >= 11 is 0. The molecule has 0 fully saturated rings. The van der Waals surface area contributed by atoms with Crippen LogP contribution in [0.4, 0.5) is 18.9 Å². The fourth-order valence-corrected chi connectivity index (χ4v) is 2.82. The predicted octanol–water partition coefficient (Wildman–Crippen LogP) is 2.15. The number of nitrogens with two attached hydrogens (primary N) is 1. The molecule has 0 amide bonds. The third kappa shape index (κ3) is 4.39. The molecule has 1 aromatic carbocycles. The third-order valence-corrected chi connectivity index (χ3v) is 4.33. The van der Waals surface area contributed by atoms with Crippen LogP contribution in [-0.4, -0.2) is 32.5 Å². The first-order chi connectivity index (χ1) is 8.52. The maximum atomic E-state index is 12.1. The van der Waals surface area contributed by atoms with Crippen molar-refractivity contribution in [2.24, 2.45) is 0 Å². The van der Waals surface area contributed by atoms with Gasteiger partial charge in [0.15, 0.2) is 0 Å². The lowest BCUT2D eigenvalue weighted by Gasteiger charge is -2.18. The molecule has 0 unspecified atom stereocenters. The smallest absolute Gasteiger partial charge is 0.390 e. The summed E-state index contributed by atoms with van der Waals surface area (Å²) in [5.41, 5.74) is 6.42. The third-order valence-electron chi connectivity index (χ3n) is 2.49. The monoisotopic (exact) mass is 296 g/mol. The number of rotatable bonds is 4. The van der Waals surface area contributed by atoms with Crippen LogP contribution in [0.2, 0.25) is 0 Å². The van der Waals surface area contributed by atoms with Crippen molar-refractivity contribution >= 4 is 15.7 Å². The number of aryl methyl sites for hydroxylation is 1. The van der Waals surface area contributed by atoms with Crippen LogP contribution in [-0.2, 0) is 10.0 Å². The second kappa shape index (κ2) is 5.38. The molecule has 19 heavy (non-hydrogen) atoms. The van der Waals surface area contributed by atoms with Crippen LogP contribution in [0.25, 0.3) is 0 Å². The average molecular weight is 296 g/mol. The number of benzene rings is 1. The van der Waals surface area contributed by atoms with Crippen LogP contribution < -0.4 is 5.73 Å². The standard InChI is InChI=1S/C11H15F3N2O2S/c1-8-5-9(15)7-10(6-8)19(17,18)16(2)4-3-11(12,13)14/h5-7H,3-4,15H2,1-2H3. The van der Waals surface area contributed by atoms with Gasteiger partial charge in [0.25, 0.3) is 0 Å².